The van der Waals surface area contributed by atoms with Crippen LogP contribution in [0.25, 0.3) is 0 Å². The van der Waals surface area contributed by atoms with Crippen LogP contribution in [0, 0.1) is 12.7 Å². The van der Waals surface area contributed by atoms with E-state index in [9.17, 15) is 4.39 Å². The van der Waals surface area contributed by atoms with Crippen LogP contribution in [-0.4, -0.2) is 9.97 Å². The van der Waals surface area contributed by atoms with E-state index in [1.54, 1.807) is 25.3 Å². The predicted molar refractivity (Wildman–Crippen MR) is 60.5 cm³/mol. The summed E-state index contributed by atoms with van der Waals surface area (Å²) in [5.74, 6) is -0.187. The fraction of sp³-hybridized carbons (Fsp3) is 0.167. The van der Waals surface area contributed by atoms with Crippen LogP contribution in [0.5, 0.6) is 0 Å². The summed E-state index contributed by atoms with van der Waals surface area (Å²) in [4.78, 5) is 7.92. The Labute approximate surface area is 93.4 Å². The number of nitrogens with zero attached hydrogens (tertiary/aromatic N) is 2. The fourth-order valence-electron chi connectivity index (χ4n) is 1.37. The number of hydrogen-bond donors (Lipinski definition) is 1. The highest BCUT2D eigenvalue weighted by molar-refractivity contribution is 5.46. The number of halogens is 1. The highest BCUT2D eigenvalue weighted by Gasteiger charge is 1.99. The number of hydrogen-bond acceptors (Lipinski definition) is 3. The second-order valence-corrected chi connectivity index (χ2v) is 3.52. The van der Waals surface area contributed by atoms with E-state index in [1.165, 1.54) is 12.4 Å². The molecule has 2 rings (SSSR count). The molecule has 1 N–H and O–H groups in total. The second-order valence-electron chi connectivity index (χ2n) is 3.52. The molecule has 0 radical (unpaired) electrons. The molecular formula is C12H12FN3. The Morgan fingerprint density at radius 3 is 2.88 bits per heavy atom. The molecular weight excluding hydrogens is 205 g/mol. The smallest absolute Gasteiger partial charge is 0.126 e. The lowest BCUT2D eigenvalue weighted by atomic mass is 10.2. The van der Waals surface area contributed by atoms with Gasteiger partial charge < -0.3 is 5.32 Å². The topological polar surface area (TPSA) is 37.8 Å². The van der Waals surface area contributed by atoms with E-state index in [1.807, 2.05) is 6.07 Å². The molecule has 0 spiro atoms. The van der Waals surface area contributed by atoms with Gasteiger partial charge in [0, 0.05) is 11.9 Å². The van der Waals surface area contributed by atoms with Crippen molar-refractivity contribution in [2.24, 2.45) is 0 Å². The Kier molecular flexibility index (Phi) is 3.10. The van der Waals surface area contributed by atoms with Crippen molar-refractivity contribution in [2.75, 3.05) is 5.32 Å². The van der Waals surface area contributed by atoms with Crippen molar-refractivity contribution in [1.29, 1.82) is 0 Å². The van der Waals surface area contributed by atoms with E-state index in [0.717, 1.165) is 11.4 Å². The SMILES string of the molecule is Cc1cc(NCc2ccncn2)ccc1F. The van der Waals surface area contributed by atoms with Gasteiger partial charge in [0.1, 0.15) is 12.1 Å². The van der Waals surface area contributed by atoms with Crippen molar-refractivity contribution < 1.29 is 4.39 Å². The summed E-state index contributed by atoms with van der Waals surface area (Å²) in [5.41, 5.74) is 2.42. The molecule has 0 aliphatic carbocycles. The number of anilines is 1. The third-order valence-electron chi connectivity index (χ3n) is 2.27. The lowest BCUT2D eigenvalue weighted by molar-refractivity contribution is 0.618. The number of benzene rings is 1. The van der Waals surface area contributed by atoms with E-state index in [2.05, 4.69) is 15.3 Å². The predicted octanol–water partition coefficient (Wildman–Crippen LogP) is 2.54. The molecule has 0 bridgehead atoms. The summed E-state index contributed by atoms with van der Waals surface area (Å²) in [6, 6.07) is 6.78. The Bertz CT molecular complexity index is 471. The minimum atomic E-state index is -0.187. The Balaban J connectivity index is 2.03. The zero-order chi connectivity index (χ0) is 11.4. The molecule has 3 nitrogen and oxygen atoms in total. The number of aromatic nitrogens is 2. The molecule has 0 saturated carbocycles. The maximum Gasteiger partial charge on any atom is 0.126 e. The monoisotopic (exact) mass is 217 g/mol. The highest BCUT2D eigenvalue weighted by atomic mass is 19.1. The van der Waals surface area contributed by atoms with Crippen molar-refractivity contribution in [2.45, 2.75) is 13.5 Å². The first-order valence-electron chi connectivity index (χ1n) is 5.00. The average Bonchev–Trinajstić information content (AvgIpc) is 2.32. The van der Waals surface area contributed by atoms with Gasteiger partial charge in [-0.15, -0.1) is 0 Å². The number of nitrogens with one attached hydrogen (secondary N) is 1. The van der Waals surface area contributed by atoms with E-state index >= 15 is 0 Å². The molecule has 0 amide bonds. The quantitative estimate of drug-likeness (QED) is 0.858. The molecule has 1 aromatic carbocycles. The first kappa shape index (κ1) is 10.5. The molecule has 0 fully saturated rings. The molecule has 0 aliphatic rings. The molecule has 1 aromatic heterocycles. The summed E-state index contributed by atoms with van der Waals surface area (Å²) < 4.78 is 13.0. The van der Waals surface area contributed by atoms with Gasteiger partial charge in [0.25, 0.3) is 0 Å². The molecule has 0 atom stereocenters. The largest absolute Gasteiger partial charge is 0.379 e. The summed E-state index contributed by atoms with van der Waals surface area (Å²) in [5, 5.41) is 3.17. The number of aryl methyl sites for hydroxylation is 1. The van der Waals surface area contributed by atoms with Crippen LogP contribution in [0.4, 0.5) is 10.1 Å². The molecule has 16 heavy (non-hydrogen) atoms. The number of rotatable bonds is 3. The van der Waals surface area contributed by atoms with Crippen molar-refractivity contribution >= 4 is 5.69 Å². The van der Waals surface area contributed by atoms with Gasteiger partial charge >= 0.3 is 0 Å². The van der Waals surface area contributed by atoms with Crippen LogP contribution in [0.2, 0.25) is 0 Å². The lowest BCUT2D eigenvalue weighted by Gasteiger charge is -2.06. The highest BCUT2D eigenvalue weighted by Crippen LogP contribution is 2.14. The van der Waals surface area contributed by atoms with Gasteiger partial charge in [-0.3, -0.25) is 0 Å². The summed E-state index contributed by atoms with van der Waals surface area (Å²) >= 11 is 0. The molecule has 0 aliphatic heterocycles. The maximum absolute atomic E-state index is 13.0. The minimum absolute atomic E-state index is 0.187. The van der Waals surface area contributed by atoms with Gasteiger partial charge in [-0.25, -0.2) is 14.4 Å². The lowest BCUT2D eigenvalue weighted by Crippen LogP contribution is -2.02. The van der Waals surface area contributed by atoms with Crippen LogP contribution in [0.1, 0.15) is 11.3 Å². The molecule has 4 heteroatoms. The molecule has 1 heterocycles. The third-order valence-corrected chi connectivity index (χ3v) is 2.27. The molecule has 82 valence electrons. The van der Waals surface area contributed by atoms with E-state index in [4.69, 9.17) is 0 Å². The van der Waals surface area contributed by atoms with Crippen LogP contribution in [0.15, 0.2) is 36.8 Å². The first-order chi connectivity index (χ1) is 7.75. The van der Waals surface area contributed by atoms with Crippen LogP contribution in [-0.2, 0) is 6.54 Å². The van der Waals surface area contributed by atoms with Crippen molar-refractivity contribution in [1.82, 2.24) is 9.97 Å². The minimum Gasteiger partial charge on any atom is -0.379 e. The zero-order valence-corrected chi connectivity index (χ0v) is 8.94. The van der Waals surface area contributed by atoms with Crippen LogP contribution >= 0.6 is 0 Å². The molecule has 0 saturated heterocycles. The first-order valence-corrected chi connectivity index (χ1v) is 5.00. The van der Waals surface area contributed by atoms with Crippen molar-refractivity contribution in [3.63, 3.8) is 0 Å². The van der Waals surface area contributed by atoms with Gasteiger partial charge in [0.2, 0.25) is 0 Å². The standard InChI is InChI=1S/C12H12FN3/c1-9-6-10(2-3-12(9)13)15-7-11-4-5-14-8-16-11/h2-6,8,15H,7H2,1H3. The maximum atomic E-state index is 13.0. The molecule has 0 unspecified atom stereocenters. The normalized spacial score (nSPS) is 10.1. The van der Waals surface area contributed by atoms with Crippen LogP contribution < -0.4 is 5.32 Å². The Morgan fingerprint density at radius 2 is 2.19 bits per heavy atom. The third kappa shape index (κ3) is 2.53. The Morgan fingerprint density at radius 1 is 1.31 bits per heavy atom. The van der Waals surface area contributed by atoms with E-state index in [0.29, 0.717) is 12.1 Å². The fourth-order valence-corrected chi connectivity index (χ4v) is 1.37. The van der Waals surface area contributed by atoms with E-state index < -0.39 is 0 Å². The summed E-state index contributed by atoms with van der Waals surface area (Å²) in [7, 11) is 0. The Hall–Kier alpha value is -1.97. The zero-order valence-electron chi connectivity index (χ0n) is 8.94. The van der Waals surface area contributed by atoms with Gasteiger partial charge in [-0.2, -0.15) is 0 Å². The van der Waals surface area contributed by atoms with Gasteiger partial charge in [0.05, 0.1) is 12.2 Å². The van der Waals surface area contributed by atoms with E-state index in [-0.39, 0.29) is 5.82 Å². The van der Waals surface area contributed by atoms with Gasteiger partial charge in [-0.1, -0.05) is 0 Å². The van der Waals surface area contributed by atoms with Crippen molar-refractivity contribution in [3.05, 3.63) is 53.9 Å². The van der Waals surface area contributed by atoms with Crippen LogP contribution in [0.3, 0.4) is 0 Å². The average molecular weight is 217 g/mol. The summed E-state index contributed by atoms with van der Waals surface area (Å²) in [6.45, 7) is 2.35. The second kappa shape index (κ2) is 4.70. The van der Waals surface area contributed by atoms with Gasteiger partial charge in [0.15, 0.2) is 0 Å². The van der Waals surface area contributed by atoms with Crippen molar-refractivity contribution in [3.8, 4) is 0 Å². The van der Waals surface area contributed by atoms with Gasteiger partial charge in [-0.05, 0) is 36.8 Å². The molecule has 2 aromatic rings. The summed E-state index contributed by atoms with van der Waals surface area (Å²) in [6.07, 6.45) is 3.20.